The Bertz CT molecular complexity index is 2340. The summed E-state index contributed by atoms with van der Waals surface area (Å²) in [6.07, 6.45) is 7.66. The molecule has 1 N–H and O–H groups in total. The Morgan fingerprint density at radius 2 is 1.50 bits per heavy atom. The summed E-state index contributed by atoms with van der Waals surface area (Å²) < 4.78 is 7.56. The molecular weight excluding hydrogens is 887 g/mol. The van der Waals surface area contributed by atoms with E-state index in [1.807, 2.05) is 59.1 Å². The number of aliphatic hydroxyl groups excluding tert-OH is 1. The first-order valence-electron chi connectivity index (χ1n) is 20.2. The molecule has 6 aromatic rings. The van der Waals surface area contributed by atoms with E-state index in [2.05, 4.69) is 109 Å². The molecule has 3 aromatic heterocycles. The fourth-order valence-corrected chi connectivity index (χ4v) is 8.56. The number of ketones is 1. The minimum atomic E-state index is -0.337. The van der Waals surface area contributed by atoms with Gasteiger partial charge in [-0.2, -0.15) is 0 Å². The van der Waals surface area contributed by atoms with Crippen LogP contribution in [0.25, 0.3) is 53.5 Å². The number of hydrogen-bond acceptors (Lipinski definition) is 5. The van der Waals surface area contributed by atoms with Crippen molar-refractivity contribution in [2.75, 3.05) is 0 Å². The number of carbonyl (C=O) groups excluding carboxylic acids is 1. The summed E-state index contributed by atoms with van der Waals surface area (Å²) >= 11 is 1.82. The number of aliphatic hydroxyl groups is 1. The van der Waals surface area contributed by atoms with E-state index in [1.165, 1.54) is 54.1 Å². The number of hydrogen-bond donors (Lipinski definition) is 1. The fraction of sp³-hybridized carbons (Fsp3) is 0.440. The van der Waals surface area contributed by atoms with Crippen molar-refractivity contribution in [2.45, 2.75) is 128 Å². The van der Waals surface area contributed by atoms with Crippen molar-refractivity contribution in [1.29, 1.82) is 0 Å². The average Bonchev–Trinajstić information content (AvgIpc) is 3.67. The number of furan rings is 1. The number of pyridine rings is 1. The van der Waals surface area contributed by atoms with Crippen molar-refractivity contribution in [1.82, 2.24) is 4.98 Å². The Morgan fingerprint density at radius 1 is 0.857 bits per heavy atom. The predicted molar refractivity (Wildman–Crippen MR) is 236 cm³/mol. The van der Waals surface area contributed by atoms with Gasteiger partial charge < -0.3 is 9.52 Å². The van der Waals surface area contributed by atoms with Crippen LogP contribution in [0.5, 0.6) is 0 Å². The average molecular weight is 949 g/mol. The molecule has 1 radical (unpaired) electrons. The Balaban J connectivity index is 0.000000330. The normalized spacial score (nSPS) is 12.6. The molecule has 0 bridgehead atoms. The quantitative estimate of drug-likeness (QED) is 0.0798. The number of carbonyl (C=O) groups is 1. The predicted octanol–water partition coefficient (Wildman–Crippen LogP) is 15.1. The van der Waals surface area contributed by atoms with Gasteiger partial charge in [0.1, 0.15) is 17.1 Å². The number of benzene rings is 3. The van der Waals surface area contributed by atoms with E-state index >= 15 is 0 Å². The molecule has 3 aromatic carbocycles. The molecule has 0 aliphatic rings. The minimum absolute atomic E-state index is 0. The maximum atomic E-state index is 12.2. The van der Waals surface area contributed by atoms with E-state index in [0.29, 0.717) is 5.92 Å². The van der Waals surface area contributed by atoms with Crippen LogP contribution in [0.4, 0.5) is 0 Å². The molecular formula is C50H62IrNO3S-. The van der Waals surface area contributed by atoms with Crippen LogP contribution in [0.3, 0.4) is 0 Å². The van der Waals surface area contributed by atoms with Gasteiger partial charge in [-0.15, -0.1) is 40.5 Å². The van der Waals surface area contributed by atoms with Crippen LogP contribution in [0.1, 0.15) is 124 Å². The zero-order valence-corrected chi connectivity index (χ0v) is 39.1. The van der Waals surface area contributed by atoms with Gasteiger partial charge >= 0.3 is 0 Å². The molecule has 0 spiro atoms. The molecule has 0 aliphatic heterocycles. The molecule has 301 valence electrons. The molecule has 0 unspecified atom stereocenters. The molecule has 0 saturated heterocycles. The second-order valence-corrected chi connectivity index (χ2v) is 18.4. The zero-order chi connectivity index (χ0) is 40.5. The smallest absolute Gasteiger partial charge is 0.164 e. The van der Waals surface area contributed by atoms with Crippen LogP contribution in [0.2, 0.25) is 0 Å². The maximum Gasteiger partial charge on any atom is 0.164 e. The van der Waals surface area contributed by atoms with Crippen LogP contribution in [-0.2, 0) is 36.7 Å². The van der Waals surface area contributed by atoms with Crippen molar-refractivity contribution >= 4 is 48.9 Å². The number of thiophene rings is 1. The third-order valence-electron chi connectivity index (χ3n) is 12.2. The summed E-state index contributed by atoms with van der Waals surface area (Å²) in [5.74, 6) is 1.96. The summed E-state index contributed by atoms with van der Waals surface area (Å²) in [6.45, 7) is 27.8. The third-order valence-corrected chi connectivity index (χ3v) is 13.6. The number of aryl methyl sites for hydroxylation is 2. The summed E-state index contributed by atoms with van der Waals surface area (Å²) in [5, 5.41) is 15.0. The van der Waals surface area contributed by atoms with E-state index in [4.69, 9.17) is 9.40 Å². The van der Waals surface area contributed by atoms with Crippen LogP contribution in [0.15, 0.2) is 77.0 Å². The monoisotopic (exact) mass is 949 g/mol. The van der Waals surface area contributed by atoms with Crippen molar-refractivity contribution in [2.24, 2.45) is 16.7 Å². The van der Waals surface area contributed by atoms with E-state index in [-0.39, 0.29) is 47.9 Å². The Morgan fingerprint density at radius 3 is 2.11 bits per heavy atom. The summed E-state index contributed by atoms with van der Waals surface area (Å²) in [7, 11) is 0. The topological polar surface area (TPSA) is 63.3 Å². The molecule has 0 amide bonds. The molecule has 6 rings (SSSR count). The van der Waals surface area contributed by atoms with Gasteiger partial charge in [0.25, 0.3) is 0 Å². The molecule has 56 heavy (non-hydrogen) atoms. The van der Waals surface area contributed by atoms with Gasteiger partial charge in [-0.25, -0.2) is 0 Å². The van der Waals surface area contributed by atoms with Crippen molar-refractivity contribution < 1.29 is 34.4 Å². The van der Waals surface area contributed by atoms with Gasteiger partial charge in [0.2, 0.25) is 0 Å². The zero-order valence-electron chi connectivity index (χ0n) is 35.9. The van der Waals surface area contributed by atoms with E-state index in [1.54, 1.807) is 0 Å². The van der Waals surface area contributed by atoms with Gasteiger partial charge in [0.05, 0.1) is 0 Å². The van der Waals surface area contributed by atoms with E-state index in [0.717, 1.165) is 60.1 Å². The Hall–Kier alpha value is -3.57. The third kappa shape index (κ3) is 9.09. The molecule has 4 nitrogen and oxygen atoms in total. The van der Waals surface area contributed by atoms with Gasteiger partial charge in [-0.1, -0.05) is 117 Å². The van der Waals surface area contributed by atoms with Crippen LogP contribution in [0, 0.1) is 36.7 Å². The Kier molecular flexibility index (Phi) is 14.4. The standard InChI is InChI=1S/C35H34NOS.C15H28O2.Ir/c1-20(2)16-30-21(3)26-13-12-24(19-31(26)37-30)33-22(4)27-14-15-36-32(34(27)38-33)25-17-23-10-8-9-11-28(23)29(18-25)35(5,6)7;1-7-14(5,8-2)12(16)11-13(17)15(6,9-3)10-4;/h8-15,18-20H,16H2,1-7H3;11,16H,7-10H2,1-6H3;/q-1;;/b;12-11-;. The largest absolute Gasteiger partial charge is 0.512 e. The van der Waals surface area contributed by atoms with Crippen LogP contribution >= 0.6 is 11.3 Å². The van der Waals surface area contributed by atoms with Crippen molar-refractivity contribution in [3.05, 3.63) is 101 Å². The van der Waals surface area contributed by atoms with Crippen molar-refractivity contribution in [3.8, 4) is 21.7 Å². The van der Waals surface area contributed by atoms with Gasteiger partial charge in [0.15, 0.2) is 5.78 Å². The molecule has 0 atom stereocenters. The number of nitrogens with zero attached hydrogens (tertiary/aromatic N) is 1. The second-order valence-electron chi connectivity index (χ2n) is 17.4. The number of fused-ring (bicyclic) bond motifs is 3. The van der Waals surface area contributed by atoms with Crippen molar-refractivity contribution in [3.63, 3.8) is 0 Å². The first-order chi connectivity index (χ1) is 25.9. The van der Waals surface area contributed by atoms with E-state index in [9.17, 15) is 9.90 Å². The molecule has 6 heteroatoms. The number of rotatable bonds is 11. The first-order valence-corrected chi connectivity index (χ1v) is 21.0. The summed E-state index contributed by atoms with van der Waals surface area (Å²) in [6, 6.07) is 23.4. The molecule has 0 fully saturated rings. The van der Waals surface area contributed by atoms with E-state index < -0.39 is 0 Å². The fourth-order valence-electron chi connectivity index (χ4n) is 7.26. The molecule has 0 saturated carbocycles. The number of aromatic nitrogens is 1. The number of allylic oxidation sites excluding steroid dienone is 2. The van der Waals surface area contributed by atoms with Crippen LogP contribution < -0.4 is 0 Å². The minimum Gasteiger partial charge on any atom is -0.512 e. The second kappa shape index (κ2) is 17.9. The summed E-state index contributed by atoms with van der Waals surface area (Å²) in [4.78, 5) is 18.4. The van der Waals surface area contributed by atoms with Crippen LogP contribution in [-0.4, -0.2) is 15.9 Å². The van der Waals surface area contributed by atoms with Gasteiger partial charge in [0, 0.05) is 70.3 Å². The first kappa shape index (κ1) is 45.1. The Labute approximate surface area is 353 Å². The summed E-state index contributed by atoms with van der Waals surface area (Å²) in [5.41, 5.74) is 7.53. The molecule has 3 heterocycles. The SMILES string of the molecule is CCC(C)(CC)C(=O)/C=C(\O)C(C)(CC)CC.Cc1c(CC(C)C)oc2cc(-c3sc4c(-c5[c-]c6ccccc6c(C(C)(C)C)c5)nccc4c3C)ccc12.[Ir]. The molecule has 0 aliphatic carbocycles. The maximum absolute atomic E-state index is 12.2. The van der Waals surface area contributed by atoms with Gasteiger partial charge in [-0.3, -0.25) is 9.78 Å². The van der Waals surface area contributed by atoms with Gasteiger partial charge in [-0.05, 0) is 85.1 Å².